The highest BCUT2D eigenvalue weighted by atomic mass is 35.5. The summed E-state index contributed by atoms with van der Waals surface area (Å²) in [5.41, 5.74) is 0.534. The van der Waals surface area contributed by atoms with E-state index in [4.69, 9.17) is 16.7 Å². The maximum Gasteiger partial charge on any atom is 0.337 e. The number of carboxylic acids is 1. The Hall–Kier alpha value is -1.59. The van der Waals surface area contributed by atoms with Crippen LogP contribution < -0.4 is 10.6 Å². The van der Waals surface area contributed by atoms with Gasteiger partial charge in [-0.2, -0.15) is 0 Å². The van der Waals surface area contributed by atoms with E-state index in [1.165, 1.54) is 18.2 Å². The van der Waals surface area contributed by atoms with E-state index in [-0.39, 0.29) is 22.4 Å². The molecule has 0 unspecified atom stereocenters. The first-order valence-electron chi connectivity index (χ1n) is 5.12. The molecule has 1 aromatic rings. The number of carboxylic acid groups (broad SMARTS) is 1. The van der Waals surface area contributed by atoms with Gasteiger partial charge >= 0.3 is 5.97 Å². The van der Waals surface area contributed by atoms with Crippen LogP contribution in [0.2, 0.25) is 5.02 Å². The Bertz CT molecular complexity index is 472. The van der Waals surface area contributed by atoms with Gasteiger partial charge in [0.05, 0.1) is 16.5 Å². The van der Waals surface area contributed by atoms with Crippen molar-refractivity contribution < 1.29 is 14.7 Å². The molecule has 0 aliphatic carbocycles. The second kappa shape index (κ2) is 4.73. The lowest BCUT2D eigenvalue weighted by Gasteiger charge is -2.25. The molecule has 1 aliphatic heterocycles. The molecule has 1 amide bonds. The Morgan fingerprint density at radius 2 is 2.12 bits per heavy atom. The second-order valence-corrected chi connectivity index (χ2v) is 4.25. The molecule has 0 aromatic heterocycles. The van der Waals surface area contributed by atoms with Crippen molar-refractivity contribution in [1.29, 1.82) is 0 Å². The van der Waals surface area contributed by atoms with E-state index in [2.05, 4.69) is 10.6 Å². The number of anilines is 1. The molecule has 2 rings (SSSR count). The lowest BCUT2D eigenvalue weighted by Crippen LogP contribution is -2.48. The molecule has 0 saturated carbocycles. The van der Waals surface area contributed by atoms with Gasteiger partial charge in [-0.1, -0.05) is 11.6 Å². The topological polar surface area (TPSA) is 78.4 Å². The van der Waals surface area contributed by atoms with Crippen LogP contribution in [-0.2, 0) is 4.79 Å². The number of aromatic carboxylic acids is 1. The van der Waals surface area contributed by atoms with E-state index in [0.29, 0.717) is 18.8 Å². The number of nitrogens with one attached hydrogen (secondary N) is 2. The Balaban J connectivity index is 2.09. The predicted molar refractivity (Wildman–Crippen MR) is 63.4 cm³/mol. The number of carbonyl (C=O) groups excluding carboxylic acids is 1. The number of carbonyl (C=O) groups is 2. The summed E-state index contributed by atoms with van der Waals surface area (Å²) in [4.78, 5) is 22.4. The van der Waals surface area contributed by atoms with Crippen LogP contribution in [0.5, 0.6) is 0 Å². The van der Waals surface area contributed by atoms with Crippen molar-refractivity contribution in [3.8, 4) is 0 Å². The van der Waals surface area contributed by atoms with Crippen LogP contribution in [0.25, 0.3) is 0 Å². The van der Waals surface area contributed by atoms with E-state index in [0.717, 1.165) is 0 Å². The highest BCUT2D eigenvalue weighted by Gasteiger charge is 2.24. The quantitative estimate of drug-likeness (QED) is 0.757. The maximum absolute atomic E-state index is 11.6. The zero-order chi connectivity index (χ0) is 12.4. The molecule has 3 N–H and O–H groups in total. The molecule has 5 nitrogen and oxygen atoms in total. The normalized spacial score (nSPS) is 15.1. The number of amides is 1. The van der Waals surface area contributed by atoms with Crippen LogP contribution >= 0.6 is 11.6 Å². The van der Waals surface area contributed by atoms with Crippen LogP contribution in [0.4, 0.5) is 5.69 Å². The number of hydrogen-bond acceptors (Lipinski definition) is 3. The first kappa shape index (κ1) is 11.9. The Morgan fingerprint density at radius 3 is 2.59 bits per heavy atom. The minimum atomic E-state index is -1.09. The molecule has 0 bridgehead atoms. The van der Waals surface area contributed by atoms with Gasteiger partial charge in [0, 0.05) is 18.8 Å². The smallest absolute Gasteiger partial charge is 0.337 e. The summed E-state index contributed by atoms with van der Waals surface area (Å²) in [6.07, 6.45) is 0. The summed E-state index contributed by atoms with van der Waals surface area (Å²) in [5.74, 6) is -1.19. The van der Waals surface area contributed by atoms with Crippen molar-refractivity contribution in [2.75, 3.05) is 18.4 Å². The first-order valence-corrected chi connectivity index (χ1v) is 5.50. The Kier molecular flexibility index (Phi) is 3.31. The standard InChI is InChI=1S/C11H11ClN2O3/c12-9-3-7(1-2-8(9)11(16)17)14-10(15)6-4-13-5-6/h1-3,6,13H,4-5H2,(H,14,15)(H,16,17). The molecule has 1 aliphatic rings. The van der Waals surface area contributed by atoms with E-state index in [1.54, 1.807) is 0 Å². The van der Waals surface area contributed by atoms with E-state index >= 15 is 0 Å². The molecular weight excluding hydrogens is 244 g/mol. The summed E-state index contributed by atoms with van der Waals surface area (Å²) in [7, 11) is 0. The van der Waals surface area contributed by atoms with Crippen LogP contribution in [-0.4, -0.2) is 30.1 Å². The average molecular weight is 255 g/mol. The van der Waals surface area contributed by atoms with Crippen molar-refractivity contribution in [3.63, 3.8) is 0 Å². The van der Waals surface area contributed by atoms with Gasteiger partial charge in [0.15, 0.2) is 0 Å². The second-order valence-electron chi connectivity index (χ2n) is 3.84. The zero-order valence-electron chi connectivity index (χ0n) is 8.87. The summed E-state index contributed by atoms with van der Waals surface area (Å²) in [6, 6.07) is 4.34. The molecule has 0 spiro atoms. The highest BCUT2D eigenvalue weighted by molar-refractivity contribution is 6.33. The van der Waals surface area contributed by atoms with Crippen LogP contribution in [0.15, 0.2) is 18.2 Å². The fraction of sp³-hybridized carbons (Fsp3) is 0.273. The van der Waals surface area contributed by atoms with Crippen molar-refractivity contribution >= 4 is 29.2 Å². The largest absolute Gasteiger partial charge is 0.478 e. The molecule has 17 heavy (non-hydrogen) atoms. The minimum absolute atomic E-state index is 0.0204. The fourth-order valence-electron chi connectivity index (χ4n) is 1.48. The molecule has 90 valence electrons. The SMILES string of the molecule is O=C(O)c1ccc(NC(=O)C2CNC2)cc1Cl. The van der Waals surface area contributed by atoms with Gasteiger partial charge in [-0.25, -0.2) is 4.79 Å². The monoisotopic (exact) mass is 254 g/mol. The first-order chi connectivity index (χ1) is 8.08. The van der Waals surface area contributed by atoms with Crippen LogP contribution in [0.3, 0.4) is 0 Å². The number of benzene rings is 1. The van der Waals surface area contributed by atoms with Gasteiger partial charge in [0.2, 0.25) is 5.91 Å². The summed E-state index contributed by atoms with van der Waals surface area (Å²) in [5, 5.41) is 14.6. The molecule has 0 atom stereocenters. The van der Waals surface area contributed by atoms with Crippen LogP contribution in [0, 0.1) is 5.92 Å². The number of halogens is 1. The minimum Gasteiger partial charge on any atom is -0.478 e. The third-order valence-corrected chi connectivity index (χ3v) is 2.93. The van der Waals surface area contributed by atoms with Gasteiger partial charge < -0.3 is 15.7 Å². The molecular formula is C11H11ClN2O3. The molecule has 6 heteroatoms. The summed E-state index contributed by atoms with van der Waals surface area (Å²) in [6.45, 7) is 1.35. The molecule has 1 heterocycles. The molecule has 1 fully saturated rings. The van der Waals surface area contributed by atoms with Crippen LogP contribution in [0.1, 0.15) is 10.4 Å². The Labute approximate surface area is 103 Å². The van der Waals surface area contributed by atoms with Gasteiger partial charge in [0.1, 0.15) is 0 Å². The van der Waals surface area contributed by atoms with Crippen molar-refractivity contribution in [2.24, 2.45) is 5.92 Å². The lowest BCUT2D eigenvalue weighted by molar-refractivity contribution is -0.121. The Morgan fingerprint density at radius 1 is 1.41 bits per heavy atom. The third-order valence-electron chi connectivity index (χ3n) is 2.62. The number of hydrogen-bond donors (Lipinski definition) is 3. The zero-order valence-corrected chi connectivity index (χ0v) is 9.62. The lowest BCUT2D eigenvalue weighted by atomic mass is 10.0. The average Bonchev–Trinajstić information content (AvgIpc) is 2.13. The number of rotatable bonds is 3. The van der Waals surface area contributed by atoms with E-state index in [9.17, 15) is 9.59 Å². The van der Waals surface area contributed by atoms with Crippen molar-refractivity contribution in [3.05, 3.63) is 28.8 Å². The van der Waals surface area contributed by atoms with E-state index < -0.39 is 5.97 Å². The van der Waals surface area contributed by atoms with Gasteiger partial charge in [-0.05, 0) is 18.2 Å². The van der Waals surface area contributed by atoms with Crippen molar-refractivity contribution in [2.45, 2.75) is 0 Å². The summed E-state index contributed by atoms with van der Waals surface area (Å²) < 4.78 is 0. The maximum atomic E-state index is 11.6. The molecule has 0 radical (unpaired) electrons. The molecule has 1 saturated heterocycles. The van der Waals surface area contributed by atoms with Gasteiger partial charge in [-0.3, -0.25) is 4.79 Å². The predicted octanol–water partition coefficient (Wildman–Crippen LogP) is 1.20. The van der Waals surface area contributed by atoms with Gasteiger partial charge in [-0.15, -0.1) is 0 Å². The van der Waals surface area contributed by atoms with E-state index in [1.807, 2.05) is 0 Å². The van der Waals surface area contributed by atoms with Gasteiger partial charge in [0.25, 0.3) is 0 Å². The molecule has 1 aromatic carbocycles. The fourth-order valence-corrected chi connectivity index (χ4v) is 1.75. The summed E-state index contributed by atoms with van der Waals surface area (Å²) >= 11 is 5.79. The highest BCUT2D eigenvalue weighted by Crippen LogP contribution is 2.21. The van der Waals surface area contributed by atoms with Crippen molar-refractivity contribution in [1.82, 2.24) is 5.32 Å². The third kappa shape index (κ3) is 2.57.